The normalized spacial score (nSPS) is 12.7. The molecule has 1 aromatic rings. The van der Waals surface area contributed by atoms with Crippen LogP contribution in [0.3, 0.4) is 0 Å². The molecular formula is C12H15F3N2O3. The van der Waals surface area contributed by atoms with Crippen LogP contribution in [0.2, 0.25) is 0 Å². The van der Waals surface area contributed by atoms with Gasteiger partial charge in [-0.2, -0.15) is 13.2 Å². The number of aliphatic hydroxyl groups excluding tert-OH is 1. The minimum atomic E-state index is -4.68. The number of benzene rings is 1. The minimum absolute atomic E-state index is 0.295. The molecule has 0 aliphatic carbocycles. The van der Waals surface area contributed by atoms with Crippen LogP contribution in [0.25, 0.3) is 0 Å². The number of ether oxygens (including phenoxy) is 1. The van der Waals surface area contributed by atoms with Gasteiger partial charge in [-0.05, 0) is 18.6 Å². The minimum Gasteiger partial charge on any atom is -0.497 e. The molecule has 0 spiro atoms. The molecule has 1 aromatic carbocycles. The standard InChI is InChI=1S/C12H15F3N2O3/c1-20-9-4-2-3-8(7-9)17-11(19)16-6-5-10(18)12(13,14)15/h2-4,7,10,18H,5-6H2,1H3,(H2,16,17,19). The van der Waals surface area contributed by atoms with E-state index in [4.69, 9.17) is 9.84 Å². The van der Waals surface area contributed by atoms with E-state index in [-0.39, 0.29) is 6.54 Å². The summed E-state index contributed by atoms with van der Waals surface area (Å²) < 4.78 is 41.0. The van der Waals surface area contributed by atoms with E-state index in [2.05, 4.69) is 10.6 Å². The Balaban J connectivity index is 2.37. The second-order valence-corrected chi connectivity index (χ2v) is 3.96. The fourth-order valence-corrected chi connectivity index (χ4v) is 1.36. The quantitative estimate of drug-likeness (QED) is 0.778. The highest BCUT2D eigenvalue weighted by molar-refractivity contribution is 5.89. The third kappa shape index (κ3) is 5.35. The van der Waals surface area contributed by atoms with Crippen molar-refractivity contribution in [1.82, 2.24) is 5.32 Å². The molecule has 0 radical (unpaired) electrons. The van der Waals surface area contributed by atoms with Crippen LogP contribution in [-0.4, -0.2) is 37.1 Å². The lowest BCUT2D eigenvalue weighted by Gasteiger charge is -2.14. The van der Waals surface area contributed by atoms with Gasteiger partial charge in [0.25, 0.3) is 0 Å². The number of hydrogen-bond acceptors (Lipinski definition) is 3. The van der Waals surface area contributed by atoms with Crippen molar-refractivity contribution in [2.45, 2.75) is 18.7 Å². The zero-order valence-electron chi connectivity index (χ0n) is 10.7. The number of alkyl halides is 3. The van der Waals surface area contributed by atoms with E-state index in [0.717, 1.165) is 0 Å². The monoisotopic (exact) mass is 292 g/mol. The molecule has 2 amide bonds. The first kappa shape index (κ1) is 16.1. The first-order valence-electron chi connectivity index (χ1n) is 5.76. The predicted molar refractivity (Wildman–Crippen MR) is 66.7 cm³/mol. The number of carbonyl (C=O) groups excluding carboxylic acids is 1. The summed E-state index contributed by atoms with van der Waals surface area (Å²) in [5.74, 6) is 0.537. The van der Waals surface area contributed by atoms with Crippen molar-refractivity contribution in [3.63, 3.8) is 0 Å². The number of urea groups is 1. The van der Waals surface area contributed by atoms with Gasteiger partial charge in [-0.1, -0.05) is 6.07 Å². The van der Waals surface area contributed by atoms with Gasteiger partial charge in [0.05, 0.1) is 7.11 Å². The number of carbonyl (C=O) groups is 1. The molecule has 1 atom stereocenters. The van der Waals surface area contributed by atoms with Gasteiger partial charge in [-0.15, -0.1) is 0 Å². The maximum Gasteiger partial charge on any atom is 0.414 e. The number of amides is 2. The second-order valence-electron chi connectivity index (χ2n) is 3.96. The van der Waals surface area contributed by atoms with Crippen LogP contribution in [-0.2, 0) is 0 Å². The van der Waals surface area contributed by atoms with Crippen molar-refractivity contribution in [2.24, 2.45) is 0 Å². The highest BCUT2D eigenvalue weighted by atomic mass is 19.4. The van der Waals surface area contributed by atoms with Crippen molar-refractivity contribution in [2.75, 3.05) is 19.0 Å². The topological polar surface area (TPSA) is 70.6 Å². The van der Waals surface area contributed by atoms with Crippen LogP contribution in [0.4, 0.5) is 23.7 Å². The molecule has 0 saturated carbocycles. The van der Waals surface area contributed by atoms with E-state index in [1.807, 2.05) is 0 Å². The van der Waals surface area contributed by atoms with Gasteiger partial charge in [-0.25, -0.2) is 4.79 Å². The van der Waals surface area contributed by atoms with E-state index in [0.29, 0.717) is 11.4 Å². The molecule has 1 unspecified atom stereocenters. The van der Waals surface area contributed by atoms with Crippen molar-refractivity contribution >= 4 is 11.7 Å². The summed E-state index contributed by atoms with van der Waals surface area (Å²) in [4.78, 5) is 11.4. The number of rotatable bonds is 5. The third-order valence-electron chi connectivity index (χ3n) is 2.41. The van der Waals surface area contributed by atoms with Crippen molar-refractivity contribution in [1.29, 1.82) is 0 Å². The first-order valence-corrected chi connectivity index (χ1v) is 5.76. The fourth-order valence-electron chi connectivity index (χ4n) is 1.36. The van der Waals surface area contributed by atoms with E-state index in [9.17, 15) is 18.0 Å². The molecule has 0 aliphatic heterocycles. The van der Waals surface area contributed by atoms with Crippen LogP contribution in [0, 0.1) is 0 Å². The largest absolute Gasteiger partial charge is 0.497 e. The SMILES string of the molecule is COc1cccc(NC(=O)NCCC(O)C(F)(F)F)c1. The van der Waals surface area contributed by atoms with Crippen LogP contribution in [0.15, 0.2) is 24.3 Å². The van der Waals surface area contributed by atoms with Gasteiger partial charge < -0.3 is 20.5 Å². The maximum atomic E-state index is 12.0. The molecule has 0 aliphatic rings. The Morgan fingerprint density at radius 1 is 1.45 bits per heavy atom. The number of hydrogen-bond donors (Lipinski definition) is 3. The Bertz CT molecular complexity index is 452. The van der Waals surface area contributed by atoms with Crippen LogP contribution < -0.4 is 15.4 Å². The molecule has 1 rings (SSSR count). The summed E-state index contributed by atoms with van der Waals surface area (Å²) in [6.45, 7) is -0.295. The molecule has 3 N–H and O–H groups in total. The molecule has 5 nitrogen and oxygen atoms in total. The van der Waals surface area contributed by atoms with Gasteiger partial charge in [0, 0.05) is 18.3 Å². The van der Waals surface area contributed by atoms with E-state index in [1.54, 1.807) is 24.3 Å². The lowest BCUT2D eigenvalue weighted by atomic mass is 10.2. The Morgan fingerprint density at radius 2 is 2.15 bits per heavy atom. The zero-order valence-corrected chi connectivity index (χ0v) is 10.7. The van der Waals surface area contributed by atoms with Crippen molar-refractivity contribution in [3.05, 3.63) is 24.3 Å². The number of nitrogens with one attached hydrogen (secondary N) is 2. The Labute approximate surface area is 113 Å². The van der Waals surface area contributed by atoms with Gasteiger partial charge in [0.1, 0.15) is 5.75 Å². The van der Waals surface area contributed by atoms with Gasteiger partial charge in [0.2, 0.25) is 0 Å². The molecular weight excluding hydrogens is 277 g/mol. The fraction of sp³-hybridized carbons (Fsp3) is 0.417. The first-order chi connectivity index (χ1) is 9.32. The summed E-state index contributed by atoms with van der Waals surface area (Å²) >= 11 is 0. The van der Waals surface area contributed by atoms with Crippen LogP contribution >= 0.6 is 0 Å². The smallest absolute Gasteiger partial charge is 0.414 e. The number of anilines is 1. The average Bonchev–Trinajstić information content (AvgIpc) is 2.37. The predicted octanol–water partition coefficient (Wildman–Crippen LogP) is 2.13. The van der Waals surface area contributed by atoms with Crippen LogP contribution in [0.1, 0.15) is 6.42 Å². The van der Waals surface area contributed by atoms with Crippen LogP contribution in [0.5, 0.6) is 5.75 Å². The maximum absolute atomic E-state index is 12.0. The Kier molecular flexibility index (Phi) is 5.63. The summed E-state index contributed by atoms with van der Waals surface area (Å²) in [6, 6.07) is 5.84. The molecule has 0 saturated heterocycles. The number of methoxy groups -OCH3 is 1. The van der Waals surface area contributed by atoms with Crippen molar-refractivity contribution in [3.8, 4) is 5.75 Å². The van der Waals surface area contributed by atoms with Gasteiger partial charge in [-0.3, -0.25) is 0 Å². The molecule has 112 valence electrons. The highest BCUT2D eigenvalue weighted by Gasteiger charge is 2.37. The summed E-state index contributed by atoms with van der Waals surface area (Å²) in [5, 5.41) is 13.4. The summed E-state index contributed by atoms with van der Waals surface area (Å²) in [6.07, 6.45) is -7.72. The van der Waals surface area contributed by atoms with Gasteiger partial charge >= 0.3 is 12.2 Å². The average molecular weight is 292 g/mol. The van der Waals surface area contributed by atoms with E-state index in [1.165, 1.54) is 7.11 Å². The lowest BCUT2D eigenvalue weighted by molar-refractivity contribution is -0.204. The summed E-state index contributed by atoms with van der Waals surface area (Å²) in [7, 11) is 1.47. The van der Waals surface area contributed by atoms with E-state index >= 15 is 0 Å². The molecule has 8 heteroatoms. The Morgan fingerprint density at radius 3 is 2.75 bits per heavy atom. The third-order valence-corrected chi connectivity index (χ3v) is 2.41. The molecule has 0 aromatic heterocycles. The molecule has 20 heavy (non-hydrogen) atoms. The summed E-state index contributed by atoms with van der Waals surface area (Å²) in [5.41, 5.74) is 0.443. The second kappa shape index (κ2) is 6.99. The molecule has 0 heterocycles. The van der Waals surface area contributed by atoms with Crippen molar-refractivity contribution < 1.29 is 27.8 Å². The molecule has 0 bridgehead atoms. The number of aliphatic hydroxyl groups is 1. The molecule has 0 fully saturated rings. The highest BCUT2D eigenvalue weighted by Crippen LogP contribution is 2.21. The lowest BCUT2D eigenvalue weighted by Crippen LogP contribution is -2.35. The van der Waals surface area contributed by atoms with E-state index < -0.39 is 24.7 Å². The number of halogens is 3. The zero-order chi connectivity index (χ0) is 15.2. The Hall–Kier alpha value is -1.96. The van der Waals surface area contributed by atoms with Gasteiger partial charge in [0.15, 0.2) is 6.10 Å².